The molecule has 0 spiro atoms. The summed E-state index contributed by atoms with van der Waals surface area (Å²) in [4.78, 5) is 23.1. The van der Waals surface area contributed by atoms with Gasteiger partial charge in [0.15, 0.2) is 11.9 Å². The Morgan fingerprint density at radius 2 is 2.00 bits per heavy atom. The average molecular weight is 238 g/mol. The Morgan fingerprint density at radius 1 is 1.41 bits per heavy atom. The summed E-state index contributed by atoms with van der Waals surface area (Å²) in [6, 6.07) is 5.97. The number of amides is 1. The van der Waals surface area contributed by atoms with E-state index in [4.69, 9.17) is 4.74 Å². The second-order valence-corrected chi connectivity index (χ2v) is 3.72. The number of rotatable bonds is 4. The summed E-state index contributed by atoms with van der Waals surface area (Å²) in [5.41, 5.74) is -0.147. The molecular weight excluding hydrogens is 224 g/mol. The Kier molecular flexibility index (Phi) is 4.03. The van der Waals surface area contributed by atoms with Gasteiger partial charge in [-0.2, -0.15) is 0 Å². The van der Waals surface area contributed by atoms with Crippen LogP contribution in [-0.2, 0) is 4.79 Å². The Morgan fingerprint density at radius 3 is 2.53 bits per heavy atom. The fourth-order valence-corrected chi connectivity index (χ4v) is 1.31. The summed E-state index contributed by atoms with van der Waals surface area (Å²) in [5, 5.41) is 10.7. The third-order valence-corrected chi connectivity index (χ3v) is 2.15. The molecule has 0 fully saturated rings. The smallest absolute Gasteiger partial charge is 0.310 e. The molecule has 0 aliphatic heterocycles. The van der Waals surface area contributed by atoms with Crippen LogP contribution in [-0.4, -0.2) is 35.9 Å². The third-order valence-electron chi connectivity index (χ3n) is 2.15. The first-order valence-electron chi connectivity index (χ1n) is 5.04. The number of nitro benzene ring substituents is 1. The van der Waals surface area contributed by atoms with Crippen LogP contribution in [0.5, 0.6) is 5.75 Å². The molecule has 1 aromatic carbocycles. The highest BCUT2D eigenvalue weighted by molar-refractivity contribution is 5.80. The standard InChI is InChI=1S/C11H14N2O4/c1-8(11(14)12(2)3)17-10-7-5-4-6-9(10)13(15)16/h4-8H,1-3H3. The second-order valence-electron chi connectivity index (χ2n) is 3.72. The molecule has 1 aromatic rings. The van der Waals surface area contributed by atoms with Gasteiger partial charge in [0.2, 0.25) is 0 Å². The van der Waals surface area contributed by atoms with Gasteiger partial charge in [0.05, 0.1) is 4.92 Å². The van der Waals surface area contributed by atoms with Crippen molar-refractivity contribution in [2.24, 2.45) is 0 Å². The van der Waals surface area contributed by atoms with Gasteiger partial charge in [-0.15, -0.1) is 0 Å². The highest BCUT2D eigenvalue weighted by Crippen LogP contribution is 2.26. The first-order valence-corrected chi connectivity index (χ1v) is 5.04. The van der Waals surface area contributed by atoms with Gasteiger partial charge in [-0.05, 0) is 13.0 Å². The van der Waals surface area contributed by atoms with Crippen molar-refractivity contribution in [3.8, 4) is 5.75 Å². The number of para-hydroxylation sites is 2. The molecular formula is C11H14N2O4. The van der Waals surface area contributed by atoms with Crippen molar-refractivity contribution in [1.82, 2.24) is 4.90 Å². The lowest BCUT2D eigenvalue weighted by Crippen LogP contribution is -2.35. The summed E-state index contributed by atoms with van der Waals surface area (Å²) in [5.74, 6) is -0.150. The summed E-state index contributed by atoms with van der Waals surface area (Å²) in [6.07, 6.45) is -0.758. The predicted octanol–water partition coefficient (Wildman–Crippen LogP) is 1.45. The van der Waals surface area contributed by atoms with Gasteiger partial charge in [-0.3, -0.25) is 14.9 Å². The molecule has 1 rings (SSSR count). The highest BCUT2D eigenvalue weighted by Gasteiger charge is 2.21. The molecule has 0 saturated heterocycles. The molecule has 0 heterocycles. The maximum absolute atomic E-state index is 11.6. The molecule has 0 aromatic heterocycles. The molecule has 6 heteroatoms. The van der Waals surface area contributed by atoms with Crippen LogP contribution in [0, 0.1) is 10.1 Å². The first-order chi connectivity index (χ1) is 7.93. The van der Waals surface area contributed by atoms with Crippen LogP contribution in [0.4, 0.5) is 5.69 Å². The molecule has 0 aliphatic carbocycles. The maximum Gasteiger partial charge on any atom is 0.310 e. The van der Waals surface area contributed by atoms with Crippen molar-refractivity contribution in [3.63, 3.8) is 0 Å². The van der Waals surface area contributed by atoms with Crippen LogP contribution in [0.15, 0.2) is 24.3 Å². The predicted molar refractivity (Wildman–Crippen MR) is 61.9 cm³/mol. The van der Waals surface area contributed by atoms with Gasteiger partial charge in [-0.25, -0.2) is 0 Å². The van der Waals surface area contributed by atoms with Crippen LogP contribution >= 0.6 is 0 Å². The van der Waals surface area contributed by atoms with E-state index < -0.39 is 11.0 Å². The monoisotopic (exact) mass is 238 g/mol. The first kappa shape index (κ1) is 13.0. The molecule has 0 aliphatic rings. The van der Waals surface area contributed by atoms with Crippen LogP contribution in [0.1, 0.15) is 6.92 Å². The minimum atomic E-state index is -0.758. The minimum Gasteiger partial charge on any atom is -0.474 e. The van der Waals surface area contributed by atoms with Crippen molar-refractivity contribution in [2.45, 2.75) is 13.0 Å². The number of carbonyl (C=O) groups excluding carboxylic acids is 1. The fourth-order valence-electron chi connectivity index (χ4n) is 1.31. The van der Waals surface area contributed by atoms with Crippen LogP contribution in [0.2, 0.25) is 0 Å². The van der Waals surface area contributed by atoms with Crippen LogP contribution in [0.3, 0.4) is 0 Å². The van der Waals surface area contributed by atoms with Crippen molar-refractivity contribution >= 4 is 11.6 Å². The van der Waals surface area contributed by atoms with Gasteiger partial charge in [0.1, 0.15) is 0 Å². The van der Waals surface area contributed by atoms with Gasteiger partial charge < -0.3 is 9.64 Å². The van der Waals surface area contributed by atoms with E-state index in [9.17, 15) is 14.9 Å². The molecule has 17 heavy (non-hydrogen) atoms. The lowest BCUT2D eigenvalue weighted by Gasteiger charge is -2.18. The zero-order valence-corrected chi connectivity index (χ0v) is 9.91. The summed E-state index contributed by atoms with van der Waals surface area (Å²) in [7, 11) is 3.20. The second kappa shape index (κ2) is 5.29. The molecule has 1 unspecified atom stereocenters. The number of benzene rings is 1. The maximum atomic E-state index is 11.6. The van der Waals surface area contributed by atoms with E-state index in [-0.39, 0.29) is 17.3 Å². The normalized spacial score (nSPS) is 11.7. The molecule has 6 nitrogen and oxygen atoms in total. The van der Waals surface area contributed by atoms with E-state index in [1.807, 2.05) is 0 Å². The molecule has 92 valence electrons. The number of hydrogen-bond acceptors (Lipinski definition) is 4. The van der Waals surface area contributed by atoms with Gasteiger partial charge in [-0.1, -0.05) is 12.1 Å². The van der Waals surface area contributed by atoms with E-state index in [2.05, 4.69) is 0 Å². The Labute approximate surface area is 98.9 Å². The number of nitro groups is 1. The van der Waals surface area contributed by atoms with Crippen LogP contribution in [0.25, 0.3) is 0 Å². The lowest BCUT2D eigenvalue weighted by molar-refractivity contribution is -0.386. The summed E-state index contributed by atoms with van der Waals surface area (Å²) < 4.78 is 5.30. The largest absolute Gasteiger partial charge is 0.474 e. The average Bonchev–Trinajstić information content (AvgIpc) is 2.28. The summed E-state index contributed by atoms with van der Waals surface area (Å²) >= 11 is 0. The molecule has 1 amide bonds. The van der Waals surface area contributed by atoms with Crippen molar-refractivity contribution in [3.05, 3.63) is 34.4 Å². The van der Waals surface area contributed by atoms with E-state index >= 15 is 0 Å². The van der Waals surface area contributed by atoms with Gasteiger partial charge in [0.25, 0.3) is 5.91 Å². The Balaban J connectivity index is 2.88. The number of carbonyl (C=O) groups is 1. The lowest BCUT2D eigenvalue weighted by atomic mass is 10.3. The van der Waals surface area contributed by atoms with Crippen molar-refractivity contribution < 1.29 is 14.5 Å². The highest BCUT2D eigenvalue weighted by atomic mass is 16.6. The number of ether oxygens (including phenoxy) is 1. The van der Waals surface area contributed by atoms with E-state index in [0.717, 1.165) is 0 Å². The van der Waals surface area contributed by atoms with E-state index in [0.29, 0.717) is 0 Å². The van der Waals surface area contributed by atoms with Crippen molar-refractivity contribution in [2.75, 3.05) is 14.1 Å². The Bertz CT molecular complexity index is 431. The quantitative estimate of drug-likeness (QED) is 0.588. The number of likely N-dealkylation sites (N-methyl/N-ethyl adjacent to an activating group) is 1. The Hall–Kier alpha value is -2.11. The minimum absolute atomic E-state index is 0.0974. The van der Waals surface area contributed by atoms with Crippen LogP contribution < -0.4 is 4.74 Å². The molecule has 0 bridgehead atoms. The zero-order chi connectivity index (χ0) is 13.0. The van der Waals surface area contributed by atoms with Gasteiger partial charge >= 0.3 is 5.69 Å². The van der Waals surface area contributed by atoms with Crippen molar-refractivity contribution in [1.29, 1.82) is 0 Å². The third kappa shape index (κ3) is 3.17. The van der Waals surface area contributed by atoms with E-state index in [1.165, 1.54) is 17.0 Å². The SMILES string of the molecule is CC(Oc1ccccc1[N+](=O)[O-])C(=O)N(C)C. The molecule has 0 saturated carbocycles. The molecule has 0 radical (unpaired) electrons. The fraction of sp³-hybridized carbons (Fsp3) is 0.364. The molecule has 0 N–H and O–H groups in total. The topological polar surface area (TPSA) is 72.7 Å². The van der Waals surface area contributed by atoms with Gasteiger partial charge in [0, 0.05) is 20.2 Å². The summed E-state index contributed by atoms with van der Waals surface area (Å²) in [6.45, 7) is 1.55. The van der Waals surface area contributed by atoms with E-state index in [1.54, 1.807) is 33.2 Å². The zero-order valence-electron chi connectivity index (χ0n) is 9.91. The number of hydrogen-bond donors (Lipinski definition) is 0. The molecule has 1 atom stereocenters. The number of nitrogens with zero attached hydrogens (tertiary/aromatic N) is 2.